The van der Waals surface area contributed by atoms with Gasteiger partial charge in [0.05, 0.1) is 12.3 Å². The van der Waals surface area contributed by atoms with Crippen molar-refractivity contribution < 1.29 is 5.11 Å². The highest BCUT2D eigenvalue weighted by Crippen LogP contribution is 2.15. The summed E-state index contributed by atoms with van der Waals surface area (Å²) in [5.74, 6) is 0. The number of aliphatic hydroxyl groups is 1. The van der Waals surface area contributed by atoms with E-state index in [9.17, 15) is 5.11 Å². The summed E-state index contributed by atoms with van der Waals surface area (Å²) < 4.78 is 0. The van der Waals surface area contributed by atoms with Gasteiger partial charge < -0.3 is 10.4 Å². The Morgan fingerprint density at radius 2 is 2.35 bits per heavy atom. The predicted octanol–water partition coefficient (Wildman–Crippen LogP) is 0.626. The molecule has 0 aliphatic carbocycles. The van der Waals surface area contributed by atoms with Gasteiger partial charge in [-0.25, -0.2) is 0 Å². The zero-order valence-corrected chi connectivity index (χ0v) is 10.6. The van der Waals surface area contributed by atoms with E-state index in [1.54, 1.807) is 0 Å². The van der Waals surface area contributed by atoms with Gasteiger partial charge in [-0.1, -0.05) is 6.07 Å². The number of piperazine rings is 1. The first-order chi connectivity index (χ1) is 8.09. The zero-order valence-electron chi connectivity index (χ0n) is 10.6. The van der Waals surface area contributed by atoms with Crippen molar-refractivity contribution in [3.63, 3.8) is 0 Å². The second kappa shape index (κ2) is 5.12. The fourth-order valence-corrected chi connectivity index (χ4v) is 2.52. The number of aromatic nitrogens is 1. The molecular weight excluding hydrogens is 214 g/mol. The number of nitrogens with one attached hydrogen (secondary N) is 1. The molecule has 1 aliphatic heterocycles. The van der Waals surface area contributed by atoms with Gasteiger partial charge >= 0.3 is 0 Å². The van der Waals surface area contributed by atoms with Crippen molar-refractivity contribution in [3.05, 3.63) is 30.1 Å². The van der Waals surface area contributed by atoms with E-state index in [2.05, 4.69) is 29.0 Å². The van der Waals surface area contributed by atoms with Gasteiger partial charge in [0.1, 0.15) is 0 Å². The molecule has 1 unspecified atom stereocenters. The first-order valence-electron chi connectivity index (χ1n) is 6.10. The van der Waals surface area contributed by atoms with Gasteiger partial charge in [-0.2, -0.15) is 0 Å². The van der Waals surface area contributed by atoms with Crippen molar-refractivity contribution in [3.8, 4) is 0 Å². The number of pyridine rings is 1. The molecule has 1 saturated heterocycles. The van der Waals surface area contributed by atoms with E-state index in [0.717, 1.165) is 25.3 Å². The van der Waals surface area contributed by atoms with Crippen LogP contribution >= 0.6 is 0 Å². The van der Waals surface area contributed by atoms with E-state index < -0.39 is 0 Å². The number of aliphatic hydroxyl groups excluding tert-OH is 1. The van der Waals surface area contributed by atoms with Crippen molar-refractivity contribution in [1.82, 2.24) is 15.2 Å². The summed E-state index contributed by atoms with van der Waals surface area (Å²) in [5.41, 5.74) is 1.13. The second-order valence-corrected chi connectivity index (χ2v) is 5.40. The Balaban J connectivity index is 2.01. The highest BCUT2D eigenvalue weighted by molar-refractivity contribution is 5.04. The van der Waals surface area contributed by atoms with Crippen LogP contribution in [0.4, 0.5) is 0 Å². The Bertz CT molecular complexity index is 353. The fourth-order valence-electron chi connectivity index (χ4n) is 2.52. The molecule has 0 bridgehead atoms. The summed E-state index contributed by atoms with van der Waals surface area (Å²) >= 11 is 0. The minimum atomic E-state index is 0.0421. The van der Waals surface area contributed by atoms with Crippen molar-refractivity contribution in [1.29, 1.82) is 0 Å². The van der Waals surface area contributed by atoms with Crippen molar-refractivity contribution in [2.75, 3.05) is 19.7 Å². The normalized spacial score (nSPS) is 24.8. The molecule has 1 aromatic rings. The average molecular weight is 235 g/mol. The van der Waals surface area contributed by atoms with Gasteiger partial charge in [-0.3, -0.25) is 9.88 Å². The van der Waals surface area contributed by atoms with E-state index in [0.29, 0.717) is 0 Å². The van der Waals surface area contributed by atoms with Crippen LogP contribution in [0.15, 0.2) is 24.4 Å². The van der Waals surface area contributed by atoms with E-state index in [1.807, 2.05) is 24.4 Å². The first-order valence-corrected chi connectivity index (χ1v) is 6.10. The molecule has 4 heteroatoms. The predicted molar refractivity (Wildman–Crippen MR) is 67.6 cm³/mol. The number of nitrogens with zero attached hydrogens (tertiary/aromatic N) is 2. The third kappa shape index (κ3) is 3.49. The maximum absolute atomic E-state index is 9.30. The van der Waals surface area contributed by atoms with Gasteiger partial charge in [-0.15, -0.1) is 0 Å². The average Bonchev–Trinajstić information content (AvgIpc) is 2.28. The van der Waals surface area contributed by atoms with Crippen LogP contribution in [0.25, 0.3) is 0 Å². The molecule has 2 heterocycles. The summed E-state index contributed by atoms with van der Waals surface area (Å²) in [5, 5.41) is 12.7. The Hall–Kier alpha value is -0.970. The van der Waals surface area contributed by atoms with Crippen LogP contribution in [0.1, 0.15) is 19.5 Å². The van der Waals surface area contributed by atoms with Gasteiger partial charge in [0, 0.05) is 37.4 Å². The van der Waals surface area contributed by atoms with E-state index in [1.165, 1.54) is 0 Å². The van der Waals surface area contributed by atoms with Crippen LogP contribution in [0.5, 0.6) is 0 Å². The molecule has 17 heavy (non-hydrogen) atoms. The molecule has 1 aliphatic rings. The molecule has 2 N–H and O–H groups in total. The minimum Gasteiger partial charge on any atom is -0.395 e. The van der Waals surface area contributed by atoms with Crippen LogP contribution in [-0.2, 0) is 6.54 Å². The van der Waals surface area contributed by atoms with Crippen LogP contribution < -0.4 is 5.32 Å². The van der Waals surface area contributed by atoms with Crippen LogP contribution in [0.2, 0.25) is 0 Å². The number of rotatable bonds is 3. The standard InChI is InChI=1S/C13H21N3O/c1-13(2)10-16(8-12(9-17)15-13)7-11-5-3-4-6-14-11/h3-6,12,15,17H,7-10H2,1-2H3. The summed E-state index contributed by atoms with van der Waals surface area (Å²) in [4.78, 5) is 6.69. The minimum absolute atomic E-state index is 0.0421. The third-order valence-electron chi connectivity index (χ3n) is 3.02. The molecule has 0 spiro atoms. The Kier molecular flexibility index (Phi) is 3.76. The quantitative estimate of drug-likeness (QED) is 0.806. The lowest BCUT2D eigenvalue weighted by Gasteiger charge is -2.43. The van der Waals surface area contributed by atoms with Gasteiger partial charge in [-0.05, 0) is 26.0 Å². The van der Waals surface area contributed by atoms with Crippen LogP contribution in [0, 0.1) is 0 Å². The maximum atomic E-state index is 9.30. The number of hydrogen-bond acceptors (Lipinski definition) is 4. The topological polar surface area (TPSA) is 48.4 Å². The molecule has 4 nitrogen and oxygen atoms in total. The molecule has 1 fully saturated rings. The molecule has 1 atom stereocenters. The Labute approximate surface area is 103 Å². The molecule has 0 amide bonds. The van der Waals surface area contributed by atoms with Gasteiger partial charge in [0.15, 0.2) is 0 Å². The fraction of sp³-hybridized carbons (Fsp3) is 0.615. The molecule has 2 rings (SSSR count). The molecular formula is C13H21N3O. The van der Waals surface area contributed by atoms with Crippen LogP contribution in [-0.4, -0.2) is 46.3 Å². The lowest BCUT2D eigenvalue weighted by atomic mass is 9.98. The monoisotopic (exact) mass is 235 g/mol. The zero-order chi connectivity index (χ0) is 12.3. The molecule has 0 aromatic carbocycles. The third-order valence-corrected chi connectivity index (χ3v) is 3.02. The maximum Gasteiger partial charge on any atom is 0.0597 e. The second-order valence-electron chi connectivity index (χ2n) is 5.40. The first kappa shape index (κ1) is 12.5. The molecule has 1 aromatic heterocycles. The molecule has 94 valence electrons. The lowest BCUT2D eigenvalue weighted by Crippen LogP contribution is -2.62. The summed E-state index contributed by atoms with van der Waals surface area (Å²) in [6.07, 6.45) is 1.83. The Morgan fingerprint density at radius 1 is 1.53 bits per heavy atom. The molecule has 0 saturated carbocycles. The smallest absolute Gasteiger partial charge is 0.0597 e. The van der Waals surface area contributed by atoms with Gasteiger partial charge in [0.2, 0.25) is 0 Å². The Morgan fingerprint density at radius 3 is 3.00 bits per heavy atom. The van der Waals surface area contributed by atoms with Gasteiger partial charge in [0.25, 0.3) is 0 Å². The summed E-state index contributed by atoms with van der Waals surface area (Å²) in [6, 6.07) is 6.15. The largest absolute Gasteiger partial charge is 0.395 e. The van der Waals surface area contributed by atoms with Crippen molar-refractivity contribution >= 4 is 0 Å². The van der Waals surface area contributed by atoms with Crippen molar-refractivity contribution in [2.45, 2.75) is 32.0 Å². The number of hydrogen-bond donors (Lipinski definition) is 2. The lowest BCUT2D eigenvalue weighted by molar-refractivity contribution is 0.0808. The highest BCUT2D eigenvalue weighted by Gasteiger charge is 2.31. The summed E-state index contributed by atoms with van der Waals surface area (Å²) in [6.45, 7) is 7.21. The van der Waals surface area contributed by atoms with Crippen molar-refractivity contribution in [2.24, 2.45) is 0 Å². The van der Waals surface area contributed by atoms with Crippen LogP contribution in [0.3, 0.4) is 0 Å². The van der Waals surface area contributed by atoms with E-state index in [4.69, 9.17) is 0 Å². The molecule has 0 radical (unpaired) electrons. The van der Waals surface area contributed by atoms with E-state index in [-0.39, 0.29) is 18.2 Å². The summed E-state index contributed by atoms with van der Waals surface area (Å²) in [7, 11) is 0. The SMILES string of the molecule is CC1(C)CN(Cc2ccccn2)CC(CO)N1. The van der Waals surface area contributed by atoms with E-state index >= 15 is 0 Å². The highest BCUT2D eigenvalue weighted by atomic mass is 16.3.